The zero-order valence-electron chi connectivity index (χ0n) is 16.9. The Kier molecular flexibility index (Phi) is 7.34. The van der Waals surface area contributed by atoms with Gasteiger partial charge in [-0.3, -0.25) is 9.69 Å². The van der Waals surface area contributed by atoms with Crippen LogP contribution in [0.2, 0.25) is 0 Å². The summed E-state index contributed by atoms with van der Waals surface area (Å²) in [7, 11) is 0. The molecule has 29 heavy (non-hydrogen) atoms. The zero-order valence-corrected chi connectivity index (χ0v) is 18.6. The molecule has 1 fully saturated rings. The number of thiocarbonyl (C=S) groups is 1. The molecule has 0 aliphatic carbocycles. The first-order valence-corrected chi connectivity index (χ1v) is 10.9. The summed E-state index contributed by atoms with van der Waals surface area (Å²) in [6, 6.07) is 13.9. The van der Waals surface area contributed by atoms with Gasteiger partial charge in [0.1, 0.15) is 15.8 Å². The second kappa shape index (κ2) is 9.94. The van der Waals surface area contributed by atoms with Gasteiger partial charge >= 0.3 is 0 Å². The van der Waals surface area contributed by atoms with E-state index in [1.165, 1.54) is 17.3 Å². The summed E-state index contributed by atoms with van der Waals surface area (Å²) in [5.41, 5.74) is 3.30. The average molecular weight is 428 g/mol. The highest BCUT2D eigenvalue weighted by Crippen LogP contribution is 2.32. The Bertz CT molecular complexity index is 939. The quantitative estimate of drug-likeness (QED) is 0.322. The number of rotatable bonds is 8. The number of likely N-dealkylation sites (N-methyl/N-ethyl adjacent to an activating group) is 1. The molecule has 0 unspecified atom stereocenters. The molecule has 1 aliphatic heterocycles. The van der Waals surface area contributed by atoms with Crippen molar-refractivity contribution in [2.45, 2.75) is 27.2 Å². The third-order valence-corrected chi connectivity index (χ3v) is 5.87. The van der Waals surface area contributed by atoms with Crippen LogP contribution in [-0.4, -0.2) is 34.9 Å². The predicted octanol–water partition coefficient (Wildman–Crippen LogP) is 5.37. The van der Waals surface area contributed by atoms with Crippen molar-refractivity contribution in [1.82, 2.24) is 4.90 Å². The molecule has 1 aliphatic rings. The molecule has 6 heteroatoms. The van der Waals surface area contributed by atoms with E-state index in [0.29, 0.717) is 29.0 Å². The maximum atomic E-state index is 12.3. The smallest absolute Gasteiger partial charge is 0.266 e. The van der Waals surface area contributed by atoms with Crippen LogP contribution in [0.3, 0.4) is 0 Å². The SMILES string of the molecule is CCN1C(=O)C(=Cc2cccc(OCCCOc3ccc(C)cc3C)c2)SC1=S. The van der Waals surface area contributed by atoms with E-state index in [2.05, 4.69) is 26.0 Å². The first kappa shape index (κ1) is 21.4. The fraction of sp³-hybridized carbons (Fsp3) is 0.304. The van der Waals surface area contributed by atoms with Crippen molar-refractivity contribution in [1.29, 1.82) is 0 Å². The van der Waals surface area contributed by atoms with E-state index in [1.54, 1.807) is 4.90 Å². The number of ether oxygens (including phenoxy) is 2. The molecular formula is C23H25NO3S2. The Hall–Kier alpha value is -2.31. The monoisotopic (exact) mass is 427 g/mol. The molecule has 0 spiro atoms. The van der Waals surface area contributed by atoms with Crippen molar-refractivity contribution in [3.05, 3.63) is 64.1 Å². The van der Waals surface area contributed by atoms with E-state index in [0.717, 1.165) is 29.0 Å². The molecule has 3 rings (SSSR count). The van der Waals surface area contributed by atoms with Crippen LogP contribution >= 0.6 is 24.0 Å². The van der Waals surface area contributed by atoms with Gasteiger partial charge in [0.05, 0.1) is 18.1 Å². The fourth-order valence-corrected chi connectivity index (χ4v) is 4.39. The maximum absolute atomic E-state index is 12.3. The van der Waals surface area contributed by atoms with Crippen molar-refractivity contribution >= 4 is 40.3 Å². The Balaban J connectivity index is 1.51. The molecule has 0 saturated carbocycles. The van der Waals surface area contributed by atoms with Crippen LogP contribution in [0.4, 0.5) is 0 Å². The number of hydrogen-bond donors (Lipinski definition) is 0. The summed E-state index contributed by atoms with van der Waals surface area (Å²) < 4.78 is 12.3. The van der Waals surface area contributed by atoms with Crippen LogP contribution in [0.5, 0.6) is 11.5 Å². The van der Waals surface area contributed by atoms with Crippen LogP contribution in [0.15, 0.2) is 47.4 Å². The zero-order chi connectivity index (χ0) is 20.8. The molecule has 152 valence electrons. The first-order valence-electron chi connectivity index (χ1n) is 9.66. The number of aryl methyl sites for hydroxylation is 2. The predicted molar refractivity (Wildman–Crippen MR) is 124 cm³/mol. The van der Waals surface area contributed by atoms with Gasteiger partial charge in [0.15, 0.2) is 0 Å². The second-order valence-electron chi connectivity index (χ2n) is 6.82. The molecule has 0 atom stereocenters. The second-order valence-corrected chi connectivity index (χ2v) is 8.49. The van der Waals surface area contributed by atoms with Crippen molar-refractivity contribution in [2.75, 3.05) is 19.8 Å². The summed E-state index contributed by atoms with van der Waals surface area (Å²) in [5.74, 6) is 1.66. The highest BCUT2D eigenvalue weighted by molar-refractivity contribution is 8.26. The van der Waals surface area contributed by atoms with Gasteiger partial charge in [0, 0.05) is 13.0 Å². The molecule has 0 aromatic heterocycles. The van der Waals surface area contributed by atoms with Gasteiger partial charge in [-0.05, 0) is 56.2 Å². The van der Waals surface area contributed by atoms with Gasteiger partial charge in [0.25, 0.3) is 5.91 Å². The van der Waals surface area contributed by atoms with Crippen molar-refractivity contribution in [2.24, 2.45) is 0 Å². The number of benzene rings is 2. The summed E-state index contributed by atoms with van der Waals surface area (Å²) in [5, 5.41) is 0. The topological polar surface area (TPSA) is 38.8 Å². The van der Waals surface area contributed by atoms with Gasteiger partial charge in [-0.2, -0.15) is 0 Å². The van der Waals surface area contributed by atoms with Crippen LogP contribution in [-0.2, 0) is 4.79 Å². The number of amides is 1. The summed E-state index contributed by atoms with van der Waals surface area (Å²) >= 11 is 6.60. The molecule has 2 aromatic rings. The highest BCUT2D eigenvalue weighted by Gasteiger charge is 2.30. The molecule has 1 saturated heterocycles. The average Bonchev–Trinajstić information content (AvgIpc) is 2.96. The lowest BCUT2D eigenvalue weighted by Gasteiger charge is -2.11. The largest absolute Gasteiger partial charge is 0.493 e. The fourth-order valence-electron chi connectivity index (χ4n) is 3.01. The van der Waals surface area contributed by atoms with E-state index < -0.39 is 0 Å². The van der Waals surface area contributed by atoms with Crippen molar-refractivity contribution in [3.63, 3.8) is 0 Å². The maximum Gasteiger partial charge on any atom is 0.266 e. The number of thioether (sulfide) groups is 1. The van der Waals surface area contributed by atoms with Gasteiger partial charge < -0.3 is 9.47 Å². The minimum absolute atomic E-state index is 0.0302. The van der Waals surface area contributed by atoms with Crippen LogP contribution in [0.1, 0.15) is 30.0 Å². The molecule has 0 radical (unpaired) electrons. The molecule has 1 amide bonds. The van der Waals surface area contributed by atoms with Gasteiger partial charge in [-0.15, -0.1) is 0 Å². The van der Waals surface area contributed by atoms with Gasteiger partial charge in [-0.1, -0.05) is 53.8 Å². The number of hydrogen-bond acceptors (Lipinski definition) is 5. The molecule has 4 nitrogen and oxygen atoms in total. The Morgan fingerprint density at radius 3 is 2.62 bits per heavy atom. The van der Waals surface area contributed by atoms with E-state index >= 15 is 0 Å². The van der Waals surface area contributed by atoms with Crippen LogP contribution < -0.4 is 9.47 Å². The lowest BCUT2D eigenvalue weighted by atomic mass is 10.1. The van der Waals surface area contributed by atoms with E-state index in [1.807, 2.05) is 43.3 Å². The van der Waals surface area contributed by atoms with E-state index in [4.69, 9.17) is 21.7 Å². The number of carbonyl (C=O) groups excluding carboxylic acids is 1. The van der Waals surface area contributed by atoms with Crippen LogP contribution in [0, 0.1) is 13.8 Å². The first-order chi connectivity index (χ1) is 14.0. The highest BCUT2D eigenvalue weighted by atomic mass is 32.2. The molecule has 2 aromatic carbocycles. The lowest BCUT2D eigenvalue weighted by molar-refractivity contribution is -0.121. The standard InChI is InChI=1S/C23H25NO3S2/c1-4-24-22(25)21(29-23(24)28)15-18-7-5-8-19(14-18)26-11-6-12-27-20-10-9-16(2)13-17(20)3/h5,7-10,13-15H,4,6,11-12H2,1-3H3. The minimum atomic E-state index is -0.0302. The van der Waals surface area contributed by atoms with Gasteiger partial charge in [-0.25, -0.2) is 0 Å². The summed E-state index contributed by atoms with van der Waals surface area (Å²) in [4.78, 5) is 14.6. The number of nitrogens with zero attached hydrogens (tertiary/aromatic N) is 1. The normalized spacial score (nSPS) is 15.3. The van der Waals surface area contributed by atoms with Crippen LogP contribution in [0.25, 0.3) is 6.08 Å². The Morgan fingerprint density at radius 2 is 1.90 bits per heavy atom. The summed E-state index contributed by atoms with van der Waals surface area (Å²) in [6.07, 6.45) is 2.65. The molecule has 1 heterocycles. The minimum Gasteiger partial charge on any atom is -0.493 e. The Morgan fingerprint density at radius 1 is 1.10 bits per heavy atom. The van der Waals surface area contributed by atoms with Crippen molar-refractivity contribution < 1.29 is 14.3 Å². The number of carbonyl (C=O) groups is 1. The third-order valence-electron chi connectivity index (χ3n) is 4.49. The molecular weight excluding hydrogens is 402 g/mol. The Labute approximate surface area is 181 Å². The molecule has 0 bridgehead atoms. The summed E-state index contributed by atoms with van der Waals surface area (Å²) in [6.45, 7) is 7.80. The lowest BCUT2D eigenvalue weighted by Crippen LogP contribution is -2.27. The van der Waals surface area contributed by atoms with E-state index in [-0.39, 0.29) is 5.91 Å². The third kappa shape index (κ3) is 5.61. The van der Waals surface area contributed by atoms with Gasteiger partial charge in [0.2, 0.25) is 0 Å². The van der Waals surface area contributed by atoms with E-state index in [9.17, 15) is 4.79 Å². The van der Waals surface area contributed by atoms with Crippen molar-refractivity contribution in [3.8, 4) is 11.5 Å². The molecule has 0 N–H and O–H groups in total.